The zero-order valence-corrected chi connectivity index (χ0v) is 23.6. The van der Waals surface area contributed by atoms with Gasteiger partial charge in [-0.15, -0.1) is 0 Å². The maximum absolute atomic E-state index is 12.3. The summed E-state index contributed by atoms with van der Waals surface area (Å²) in [6, 6.07) is 15.0. The molecule has 210 valence electrons. The van der Waals surface area contributed by atoms with E-state index in [4.69, 9.17) is 18.3 Å². The molecule has 3 aromatic carbocycles. The summed E-state index contributed by atoms with van der Waals surface area (Å²) >= 11 is 0. The van der Waals surface area contributed by atoms with Crippen LogP contribution in [0.1, 0.15) is 90.9 Å². The molecule has 0 atom stereocenters. The summed E-state index contributed by atoms with van der Waals surface area (Å²) in [5.74, 6) is 0.504. The van der Waals surface area contributed by atoms with E-state index in [-0.39, 0.29) is 11.9 Å². The molecule has 0 N–H and O–H groups in total. The Morgan fingerprint density at radius 1 is 0.550 bits per heavy atom. The van der Waals surface area contributed by atoms with Gasteiger partial charge in [-0.3, -0.25) is 9.59 Å². The normalized spacial score (nSPS) is 11.7. The number of unbranched alkanes of at least 4 members (excludes halogenated alkanes) is 8. The molecule has 0 saturated heterocycles. The number of benzene rings is 3. The van der Waals surface area contributed by atoms with Gasteiger partial charge in [0, 0.05) is 46.5 Å². The second-order valence-electron chi connectivity index (χ2n) is 10.6. The van der Waals surface area contributed by atoms with Crippen LogP contribution < -0.4 is 9.47 Å². The quantitative estimate of drug-likeness (QED) is 0.0789. The largest absolute Gasteiger partial charge is 0.452 e. The average molecular weight is 543 g/mol. The average Bonchev–Trinajstić information content (AvgIpc) is 3.50. The summed E-state index contributed by atoms with van der Waals surface area (Å²) in [7, 11) is 0. The van der Waals surface area contributed by atoms with Gasteiger partial charge in [-0.25, -0.2) is 0 Å². The Bertz CT molecular complexity index is 1500. The first-order valence-corrected chi connectivity index (χ1v) is 14.8. The van der Waals surface area contributed by atoms with Gasteiger partial charge in [-0.1, -0.05) is 65.2 Å². The molecule has 0 aliphatic heterocycles. The first-order valence-electron chi connectivity index (χ1n) is 14.8. The van der Waals surface area contributed by atoms with Crippen molar-refractivity contribution in [3.8, 4) is 11.5 Å². The van der Waals surface area contributed by atoms with Crippen LogP contribution in [0.25, 0.3) is 43.9 Å². The van der Waals surface area contributed by atoms with Gasteiger partial charge in [0.15, 0.2) is 11.2 Å². The monoisotopic (exact) mass is 542 g/mol. The van der Waals surface area contributed by atoms with Crippen LogP contribution in [0, 0.1) is 0 Å². The summed E-state index contributed by atoms with van der Waals surface area (Å²) in [4.78, 5) is 24.6. The number of rotatable bonds is 14. The molecule has 0 fully saturated rings. The lowest BCUT2D eigenvalue weighted by Crippen LogP contribution is -2.07. The maximum Gasteiger partial charge on any atom is 0.311 e. The molecule has 2 aromatic heterocycles. The minimum atomic E-state index is -0.223. The summed E-state index contributed by atoms with van der Waals surface area (Å²) in [5, 5.41) is 3.69. The molecule has 6 nitrogen and oxygen atoms in total. The second-order valence-corrected chi connectivity index (χ2v) is 10.6. The molecule has 0 saturated carbocycles. The number of carbonyl (C=O) groups is 2. The molecular formula is C34H38O6. The lowest BCUT2D eigenvalue weighted by atomic mass is 10.1. The highest BCUT2D eigenvalue weighted by molar-refractivity contribution is 6.19. The Hall–Kier alpha value is -3.80. The summed E-state index contributed by atoms with van der Waals surface area (Å²) in [5.41, 5.74) is 2.52. The van der Waals surface area contributed by atoms with Crippen LogP contribution in [0.2, 0.25) is 0 Å². The van der Waals surface area contributed by atoms with Crippen molar-refractivity contribution in [1.82, 2.24) is 0 Å². The van der Waals surface area contributed by atoms with Crippen LogP contribution in [0.15, 0.2) is 57.4 Å². The van der Waals surface area contributed by atoms with Gasteiger partial charge >= 0.3 is 11.9 Å². The molecule has 5 aromatic rings. The van der Waals surface area contributed by atoms with Gasteiger partial charge in [-0.05, 0) is 49.2 Å². The third kappa shape index (κ3) is 6.33. The van der Waals surface area contributed by atoms with Crippen LogP contribution in [-0.2, 0) is 9.59 Å². The number of ether oxygens (including phenoxy) is 2. The lowest BCUT2D eigenvalue weighted by molar-refractivity contribution is -0.135. The van der Waals surface area contributed by atoms with E-state index in [0.717, 1.165) is 60.1 Å². The molecule has 0 amide bonds. The van der Waals surface area contributed by atoms with E-state index in [0.29, 0.717) is 46.7 Å². The van der Waals surface area contributed by atoms with Crippen molar-refractivity contribution < 1.29 is 27.9 Å². The number of hydrogen-bond donors (Lipinski definition) is 0. The van der Waals surface area contributed by atoms with E-state index in [1.54, 1.807) is 24.3 Å². The Morgan fingerprint density at radius 2 is 0.950 bits per heavy atom. The third-order valence-electron chi connectivity index (χ3n) is 7.45. The first kappa shape index (κ1) is 27.8. The standard InChI is InChI=1S/C34H38O6/c1-3-5-7-9-11-13-31(35)37-23-15-17-25-27-19-20-28-26-18-16-24(38-32(36)14-12-10-8-6-4-2)22-30(26)40-34(28)33(27)39-29(25)21-23/h15-22H,3-14H2,1-2H3. The third-order valence-corrected chi connectivity index (χ3v) is 7.45. The number of esters is 2. The lowest BCUT2D eigenvalue weighted by Gasteiger charge is -2.04. The van der Waals surface area contributed by atoms with Crippen molar-refractivity contribution >= 4 is 55.8 Å². The highest BCUT2D eigenvalue weighted by Gasteiger charge is 2.18. The van der Waals surface area contributed by atoms with Crippen LogP contribution in [0.4, 0.5) is 0 Å². The van der Waals surface area contributed by atoms with Gasteiger partial charge in [0.05, 0.1) is 0 Å². The predicted molar refractivity (Wildman–Crippen MR) is 159 cm³/mol. The molecule has 0 aliphatic carbocycles. The van der Waals surface area contributed by atoms with E-state index in [9.17, 15) is 9.59 Å². The fourth-order valence-electron chi connectivity index (χ4n) is 5.27. The molecule has 0 spiro atoms. The number of hydrogen-bond acceptors (Lipinski definition) is 6. The van der Waals surface area contributed by atoms with Crippen molar-refractivity contribution in [2.75, 3.05) is 0 Å². The molecule has 0 radical (unpaired) electrons. The van der Waals surface area contributed by atoms with Crippen molar-refractivity contribution in [3.63, 3.8) is 0 Å². The predicted octanol–water partition coefficient (Wildman–Crippen LogP) is 10.0. The van der Waals surface area contributed by atoms with E-state index >= 15 is 0 Å². The Morgan fingerprint density at radius 3 is 1.38 bits per heavy atom. The fourth-order valence-corrected chi connectivity index (χ4v) is 5.27. The van der Waals surface area contributed by atoms with E-state index in [2.05, 4.69) is 13.8 Å². The fraction of sp³-hybridized carbons (Fsp3) is 0.412. The van der Waals surface area contributed by atoms with Gasteiger partial charge in [-0.2, -0.15) is 0 Å². The molecule has 0 aliphatic rings. The van der Waals surface area contributed by atoms with Gasteiger partial charge in [0.1, 0.15) is 22.7 Å². The number of furan rings is 2. The maximum atomic E-state index is 12.3. The van der Waals surface area contributed by atoms with Crippen LogP contribution in [0.5, 0.6) is 11.5 Å². The van der Waals surface area contributed by atoms with E-state index in [1.807, 2.05) is 24.3 Å². The van der Waals surface area contributed by atoms with Gasteiger partial charge in [0.2, 0.25) is 0 Å². The van der Waals surface area contributed by atoms with E-state index < -0.39 is 0 Å². The second kappa shape index (κ2) is 13.0. The van der Waals surface area contributed by atoms with Crippen molar-refractivity contribution in [3.05, 3.63) is 48.5 Å². The van der Waals surface area contributed by atoms with Crippen LogP contribution in [0.3, 0.4) is 0 Å². The molecule has 40 heavy (non-hydrogen) atoms. The topological polar surface area (TPSA) is 78.9 Å². The Kier molecular flexibility index (Phi) is 9.04. The molecule has 5 rings (SSSR count). The van der Waals surface area contributed by atoms with E-state index in [1.165, 1.54) is 25.7 Å². The molecule has 0 unspecified atom stereocenters. The minimum Gasteiger partial charge on any atom is -0.452 e. The molecule has 6 heteroatoms. The summed E-state index contributed by atoms with van der Waals surface area (Å²) in [6.45, 7) is 4.35. The zero-order chi connectivity index (χ0) is 27.9. The molecule has 2 heterocycles. The number of carbonyl (C=O) groups excluding carboxylic acids is 2. The highest BCUT2D eigenvalue weighted by Crippen LogP contribution is 2.40. The Labute approximate surface area is 234 Å². The first-order chi connectivity index (χ1) is 19.6. The van der Waals surface area contributed by atoms with Crippen molar-refractivity contribution in [1.29, 1.82) is 0 Å². The smallest absolute Gasteiger partial charge is 0.311 e. The van der Waals surface area contributed by atoms with Gasteiger partial charge in [0.25, 0.3) is 0 Å². The zero-order valence-electron chi connectivity index (χ0n) is 23.6. The van der Waals surface area contributed by atoms with Crippen LogP contribution >= 0.6 is 0 Å². The van der Waals surface area contributed by atoms with Crippen molar-refractivity contribution in [2.24, 2.45) is 0 Å². The van der Waals surface area contributed by atoms with Crippen LogP contribution in [-0.4, -0.2) is 11.9 Å². The minimum absolute atomic E-state index is 0.223. The SMILES string of the molecule is CCCCCCCC(=O)Oc1ccc2c(c1)oc1c2ccc2c3ccc(OC(=O)CCCCCCC)cc3oc21. The number of fused-ring (bicyclic) bond motifs is 7. The highest BCUT2D eigenvalue weighted by atomic mass is 16.5. The summed E-state index contributed by atoms with van der Waals surface area (Å²) in [6.07, 6.45) is 11.7. The Balaban J connectivity index is 1.32. The molecular weight excluding hydrogens is 504 g/mol. The van der Waals surface area contributed by atoms with Gasteiger partial charge < -0.3 is 18.3 Å². The molecule has 0 bridgehead atoms. The summed E-state index contributed by atoms with van der Waals surface area (Å²) < 4.78 is 23.6. The van der Waals surface area contributed by atoms with Crippen molar-refractivity contribution in [2.45, 2.75) is 90.9 Å².